The second-order valence-corrected chi connectivity index (χ2v) is 10.3. The van der Waals surface area contributed by atoms with Crippen LogP contribution in [0.5, 0.6) is 28.7 Å². The minimum atomic E-state index is -0.244. The third-order valence-corrected chi connectivity index (χ3v) is 7.86. The largest absolute Gasteiger partial charge is 0.508 e. The van der Waals surface area contributed by atoms with E-state index in [0.29, 0.717) is 12.4 Å². The number of likely N-dealkylation sites (tertiary alicyclic amines) is 1. The van der Waals surface area contributed by atoms with Gasteiger partial charge in [0.1, 0.15) is 29.6 Å². The molecular weight excluding hydrogens is 477 g/mol. The van der Waals surface area contributed by atoms with Crippen LogP contribution >= 0.6 is 11.3 Å². The van der Waals surface area contributed by atoms with Crippen LogP contribution in [0, 0.1) is 5.92 Å². The van der Waals surface area contributed by atoms with E-state index >= 15 is 0 Å². The Morgan fingerprint density at radius 2 is 1.75 bits per heavy atom. The van der Waals surface area contributed by atoms with Crippen LogP contribution < -0.4 is 14.2 Å². The van der Waals surface area contributed by atoms with E-state index in [4.69, 9.17) is 14.2 Å². The average Bonchev–Trinajstić information content (AvgIpc) is 3.53. The number of benzene rings is 3. The zero-order chi connectivity index (χ0) is 25.1. The smallest absolute Gasteiger partial charge is 0.153 e. The maximum absolute atomic E-state index is 12.9. The molecule has 5 nitrogen and oxygen atoms in total. The highest BCUT2D eigenvalue weighted by atomic mass is 32.1. The lowest BCUT2D eigenvalue weighted by Crippen LogP contribution is -2.35. The third-order valence-electron chi connectivity index (χ3n) is 6.67. The molecule has 0 bridgehead atoms. The van der Waals surface area contributed by atoms with Gasteiger partial charge in [-0.05, 0) is 92.2 Å². The van der Waals surface area contributed by atoms with Gasteiger partial charge in [-0.1, -0.05) is 0 Å². The van der Waals surface area contributed by atoms with E-state index in [2.05, 4.69) is 11.8 Å². The fraction of sp³-hybridized carbons (Fsp3) is 0.310. The Labute approximate surface area is 214 Å². The number of halogens is 1. The van der Waals surface area contributed by atoms with Gasteiger partial charge in [0.15, 0.2) is 5.75 Å². The molecule has 1 fully saturated rings. The van der Waals surface area contributed by atoms with Crippen molar-refractivity contribution in [3.05, 3.63) is 66.7 Å². The Morgan fingerprint density at radius 3 is 2.44 bits per heavy atom. The zero-order valence-electron chi connectivity index (χ0n) is 20.4. The van der Waals surface area contributed by atoms with Crippen LogP contribution in [-0.2, 0) is 0 Å². The van der Waals surface area contributed by atoms with Crippen LogP contribution in [-0.4, -0.2) is 49.5 Å². The monoisotopic (exact) mass is 507 g/mol. The topological polar surface area (TPSA) is 51.2 Å². The van der Waals surface area contributed by atoms with Gasteiger partial charge in [-0.15, -0.1) is 11.3 Å². The first-order chi connectivity index (χ1) is 17.5. The summed E-state index contributed by atoms with van der Waals surface area (Å²) in [6.07, 6.45) is 0.919. The summed E-state index contributed by atoms with van der Waals surface area (Å²) in [5, 5.41) is 10.9. The van der Waals surface area contributed by atoms with Gasteiger partial charge in [0.2, 0.25) is 0 Å². The molecule has 7 heteroatoms. The van der Waals surface area contributed by atoms with Crippen LogP contribution in [0.15, 0.2) is 66.7 Å². The fourth-order valence-corrected chi connectivity index (χ4v) is 5.70. The highest BCUT2D eigenvalue weighted by Crippen LogP contribution is 2.47. The lowest BCUT2D eigenvalue weighted by Gasteiger charge is -2.24. The van der Waals surface area contributed by atoms with Crippen LogP contribution in [0.25, 0.3) is 20.5 Å². The summed E-state index contributed by atoms with van der Waals surface area (Å²) in [6, 6.07) is 21.0. The molecule has 5 rings (SSSR count). The Morgan fingerprint density at radius 1 is 1.03 bits per heavy atom. The van der Waals surface area contributed by atoms with Crippen molar-refractivity contribution in [3.8, 4) is 39.2 Å². The summed E-state index contributed by atoms with van der Waals surface area (Å²) in [5.41, 5.74) is 1.01. The SMILES string of the molecule is COc1ccc(-c2sc3cc(O)ccc3c2Oc2ccc(OC[C@H](C)N3CC[C@@H](CF)C3)cc2)cc1. The van der Waals surface area contributed by atoms with Crippen LogP contribution in [0.4, 0.5) is 4.39 Å². The molecule has 1 saturated heterocycles. The first kappa shape index (κ1) is 24.4. The lowest BCUT2D eigenvalue weighted by molar-refractivity contribution is 0.165. The van der Waals surface area contributed by atoms with Gasteiger partial charge in [0.05, 0.1) is 18.7 Å². The summed E-state index contributed by atoms with van der Waals surface area (Å²) >= 11 is 1.57. The molecule has 1 N–H and O–H groups in total. The number of aromatic hydroxyl groups is 1. The summed E-state index contributed by atoms with van der Waals surface area (Å²) < 4.78 is 31.6. The molecule has 1 aliphatic rings. The predicted octanol–water partition coefficient (Wildman–Crippen LogP) is 7.13. The molecule has 3 aromatic carbocycles. The molecule has 4 aromatic rings. The van der Waals surface area contributed by atoms with E-state index in [1.165, 1.54) is 0 Å². The van der Waals surface area contributed by atoms with Crippen LogP contribution in [0.2, 0.25) is 0 Å². The molecule has 0 unspecified atom stereocenters. The molecule has 2 heterocycles. The number of hydrogen-bond donors (Lipinski definition) is 1. The van der Waals surface area contributed by atoms with E-state index in [9.17, 15) is 9.50 Å². The fourth-order valence-electron chi connectivity index (χ4n) is 4.53. The van der Waals surface area contributed by atoms with E-state index in [-0.39, 0.29) is 24.4 Å². The van der Waals surface area contributed by atoms with Gasteiger partial charge in [-0.2, -0.15) is 0 Å². The quantitative estimate of drug-likeness (QED) is 0.261. The number of alkyl halides is 1. The van der Waals surface area contributed by atoms with Gasteiger partial charge < -0.3 is 19.3 Å². The second kappa shape index (κ2) is 10.8. The van der Waals surface area contributed by atoms with Crippen molar-refractivity contribution in [1.82, 2.24) is 4.90 Å². The molecule has 36 heavy (non-hydrogen) atoms. The molecule has 1 aromatic heterocycles. The number of fused-ring (bicyclic) bond motifs is 1. The number of methoxy groups -OCH3 is 1. The van der Waals surface area contributed by atoms with Gasteiger partial charge in [-0.25, -0.2) is 0 Å². The number of thiophene rings is 1. The molecule has 188 valence electrons. The molecule has 0 aliphatic carbocycles. The second-order valence-electron chi connectivity index (χ2n) is 9.21. The number of ether oxygens (including phenoxy) is 3. The van der Waals surface area contributed by atoms with Crippen molar-refractivity contribution >= 4 is 21.4 Å². The van der Waals surface area contributed by atoms with E-state index in [1.807, 2.05) is 54.6 Å². The van der Waals surface area contributed by atoms with Crippen molar-refractivity contribution in [2.45, 2.75) is 19.4 Å². The summed E-state index contributed by atoms with van der Waals surface area (Å²) in [6.45, 7) is 4.16. The van der Waals surface area contributed by atoms with Crippen molar-refractivity contribution in [2.24, 2.45) is 5.92 Å². The molecule has 0 amide bonds. The molecule has 0 spiro atoms. The minimum absolute atomic E-state index is 0.156. The predicted molar refractivity (Wildman–Crippen MR) is 143 cm³/mol. The summed E-state index contributed by atoms with van der Waals surface area (Å²) in [4.78, 5) is 3.27. The molecular formula is C29H30FNO4S. The highest BCUT2D eigenvalue weighted by Gasteiger charge is 2.26. The van der Waals surface area contributed by atoms with E-state index < -0.39 is 0 Å². The Hall–Kier alpha value is -3.29. The lowest BCUT2D eigenvalue weighted by atomic mass is 10.1. The minimum Gasteiger partial charge on any atom is -0.508 e. The number of phenols is 1. The van der Waals surface area contributed by atoms with Gasteiger partial charge in [0.25, 0.3) is 0 Å². The van der Waals surface area contributed by atoms with Gasteiger partial charge >= 0.3 is 0 Å². The van der Waals surface area contributed by atoms with E-state index in [0.717, 1.165) is 57.3 Å². The van der Waals surface area contributed by atoms with Crippen molar-refractivity contribution in [1.29, 1.82) is 0 Å². The average molecular weight is 508 g/mol. The van der Waals surface area contributed by atoms with Crippen molar-refractivity contribution in [2.75, 3.05) is 33.5 Å². The number of phenolic OH excluding ortho intramolecular Hbond substituents is 1. The molecule has 0 radical (unpaired) electrons. The maximum atomic E-state index is 12.9. The van der Waals surface area contributed by atoms with Crippen molar-refractivity contribution in [3.63, 3.8) is 0 Å². The van der Waals surface area contributed by atoms with Crippen LogP contribution in [0.3, 0.4) is 0 Å². The van der Waals surface area contributed by atoms with Gasteiger partial charge in [-0.3, -0.25) is 9.29 Å². The normalized spacial score (nSPS) is 16.8. The Bertz CT molecular complexity index is 1310. The Balaban J connectivity index is 1.32. The zero-order valence-corrected chi connectivity index (χ0v) is 21.3. The maximum Gasteiger partial charge on any atom is 0.153 e. The summed E-state index contributed by atoms with van der Waals surface area (Å²) in [7, 11) is 1.65. The van der Waals surface area contributed by atoms with E-state index in [1.54, 1.807) is 30.6 Å². The molecule has 0 saturated carbocycles. The first-order valence-electron chi connectivity index (χ1n) is 12.1. The Kier molecular flexibility index (Phi) is 7.30. The third kappa shape index (κ3) is 5.27. The highest BCUT2D eigenvalue weighted by molar-refractivity contribution is 7.22. The summed E-state index contributed by atoms with van der Waals surface area (Å²) in [5.74, 6) is 3.38. The molecule has 1 aliphatic heterocycles. The van der Waals surface area contributed by atoms with Crippen LogP contribution in [0.1, 0.15) is 13.3 Å². The van der Waals surface area contributed by atoms with Gasteiger partial charge in [0, 0.05) is 28.6 Å². The molecule has 2 atom stereocenters. The number of nitrogens with zero attached hydrogens (tertiary/aromatic N) is 1. The van der Waals surface area contributed by atoms with Crippen molar-refractivity contribution < 1.29 is 23.7 Å². The number of hydrogen-bond acceptors (Lipinski definition) is 6. The standard InChI is InChI=1S/C29H30FNO4S/c1-19(31-14-13-20(16-30)17-31)18-34-24-8-10-25(11-9-24)35-28-26-12-5-22(32)15-27(26)36-29(28)21-3-6-23(33-2)7-4-21/h3-12,15,19-20,32H,13-14,16-18H2,1-2H3/t19-,20-/m0/s1. The first-order valence-corrected chi connectivity index (χ1v) is 13.0. The number of rotatable bonds is 9.